The van der Waals surface area contributed by atoms with Crippen LogP contribution in [-0.4, -0.2) is 43.7 Å². The summed E-state index contributed by atoms with van der Waals surface area (Å²) in [6, 6.07) is 14.5. The minimum absolute atomic E-state index is 0.151. The molecule has 4 rings (SSSR count). The van der Waals surface area contributed by atoms with E-state index in [1.54, 1.807) is 30.3 Å². The van der Waals surface area contributed by atoms with Crippen molar-refractivity contribution in [1.29, 1.82) is 0 Å². The number of nitrogens with one attached hydrogen (secondary N) is 1. The molecule has 1 heterocycles. The van der Waals surface area contributed by atoms with Gasteiger partial charge in [-0.05, 0) is 59.5 Å². The predicted molar refractivity (Wildman–Crippen MR) is 116 cm³/mol. The third-order valence-corrected chi connectivity index (χ3v) is 5.66. The minimum atomic E-state index is -0.861. The van der Waals surface area contributed by atoms with Crippen molar-refractivity contribution in [2.24, 2.45) is 0 Å². The number of benzene rings is 3. The van der Waals surface area contributed by atoms with E-state index in [2.05, 4.69) is 5.32 Å². The van der Waals surface area contributed by atoms with E-state index in [1.165, 1.54) is 29.2 Å². The predicted octanol–water partition coefficient (Wildman–Crippen LogP) is 2.81. The van der Waals surface area contributed by atoms with Gasteiger partial charge in [0.15, 0.2) is 23.0 Å². The van der Waals surface area contributed by atoms with Crippen molar-refractivity contribution < 1.29 is 30.0 Å². The number of fused-ring (bicyclic) bond motifs is 1. The topological polar surface area (TPSA) is 130 Å². The Hall–Kier alpha value is -4.20. The Kier molecular flexibility index (Phi) is 5.59. The number of carbonyl (C=O) groups is 2. The molecule has 0 spiro atoms. The van der Waals surface area contributed by atoms with Crippen molar-refractivity contribution in [2.45, 2.75) is 24.9 Å². The van der Waals surface area contributed by atoms with E-state index < -0.39 is 12.1 Å². The van der Waals surface area contributed by atoms with Gasteiger partial charge in [0.05, 0.1) is 6.04 Å². The molecule has 0 saturated carbocycles. The molecule has 5 N–H and O–H groups in total. The lowest BCUT2D eigenvalue weighted by atomic mass is 9.84. The number of phenolic OH excluding ortho intramolecular Hbond substituents is 4. The van der Waals surface area contributed by atoms with Crippen molar-refractivity contribution in [3.8, 4) is 23.0 Å². The van der Waals surface area contributed by atoms with Crippen LogP contribution in [0.5, 0.6) is 23.0 Å². The molecule has 164 valence electrons. The molecule has 2 atom stereocenters. The monoisotopic (exact) mass is 434 g/mol. The summed E-state index contributed by atoms with van der Waals surface area (Å²) in [7, 11) is 0. The molecular formula is C24H22N2O6. The molecular weight excluding hydrogens is 412 g/mol. The second-order valence-electron chi connectivity index (χ2n) is 7.71. The second-order valence-corrected chi connectivity index (χ2v) is 7.71. The van der Waals surface area contributed by atoms with Gasteiger partial charge in [-0.3, -0.25) is 9.59 Å². The first kappa shape index (κ1) is 21.0. The summed E-state index contributed by atoms with van der Waals surface area (Å²) < 4.78 is 0. The van der Waals surface area contributed by atoms with Crippen LogP contribution < -0.4 is 5.32 Å². The maximum atomic E-state index is 13.1. The van der Waals surface area contributed by atoms with E-state index in [-0.39, 0.29) is 41.7 Å². The number of nitrogens with zero attached hydrogens (tertiary/aromatic N) is 1. The molecule has 3 aromatic carbocycles. The van der Waals surface area contributed by atoms with E-state index in [4.69, 9.17) is 0 Å². The number of aromatic hydroxyl groups is 4. The Labute approximate surface area is 184 Å². The van der Waals surface area contributed by atoms with E-state index in [9.17, 15) is 30.0 Å². The van der Waals surface area contributed by atoms with E-state index in [0.717, 1.165) is 0 Å². The fourth-order valence-electron chi connectivity index (χ4n) is 4.07. The average molecular weight is 434 g/mol. The first-order valence-corrected chi connectivity index (χ1v) is 10.0. The molecule has 1 aliphatic rings. The van der Waals surface area contributed by atoms with Crippen LogP contribution in [0, 0.1) is 0 Å². The smallest absolute Gasteiger partial charge is 0.247 e. The van der Waals surface area contributed by atoms with Gasteiger partial charge < -0.3 is 30.6 Å². The van der Waals surface area contributed by atoms with Gasteiger partial charge in [-0.2, -0.15) is 0 Å². The summed E-state index contributed by atoms with van der Waals surface area (Å²) in [4.78, 5) is 26.6. The van der Waals surface area contributed by atoms with Gasteiger partial charge in [0.1, 0.15) is 6.04 Å². The minimum Gasteiger partial charge on any atom is -0.504 e. The van der Waals surface area contributed by atoms with E-state index in [1.807, 2.05) is 6.07 Å². The van der Waals surface area contributed by atoms with Crippen LogP contribution in [0.4, 0.5) is 5.69 Å². The summed E-state index contributed by atoms with van der Waals surface area (Å²) in [5.74, 6) is -1.61. The largest absolute Gasteiger partial charge is 0.504 e. The van der Waals surface area contributed by atoms with Crippen LogP contribution in [-0.2, 0) is 22.4 Å². The van der Waals surface area contributed by atoms with Crippen molar-refractivity contribution in [3.05, 3.63) is 77.4 Å². The van der Waals surface area contributed by atoms with Crippen molar-refractivity contribution >= 4 is 18.0 Å². The highest BCUT2D eigenvalue weighted by molar-refractivity contribution is 5.96. The highest BCUT2D eigenvalue weighted by Gasteiger charge is 2.38. The molecule has 1 aliphatic heterocycles. The SMILES string of the molecule is O=CN1[C@H](C(=O)Nc2ccccc2)Cc2cc(O)c(O)cc2[C@@H]1Cc1ccc(O)c(O)c1. The maximum absolute atomic E-state index is 13.1. The Morgan fingerprint density at radius 2 is 1.62 bits per heavy atom. The van der Waals surface area contributed by atoms with Crippen LogP contribution in [0.2, 0.25) is 0 Å². The molecule has 0 fully saturated rings. The summed E-state index contributed by atoms with van der Waals surface area (Å²) >= 11 is 0. The Morgan fingerprint density at radius 3 is 2.31 bits per heavy atom. The third-order valence-electron chi connectivity index (χ3n) is 5.66. The molecule has 0 bridgehead atoms. The van der Waals surface area contributed by atoms with Crippen molar-refractivity contribution in [3.63, 3.8) is 0 Å². The lowest BCUT2D eigenvalue weighted by Gasteiger charge is -2.40. The molecule has 3 aromatic rings. The molecule has 8 heteroatoms. The molecule has 8 nitrogen and oxygen atoms in total. The van der Waals surface area contributed by atoms with Gasteiger partial charge in [0.25, 0.3) is 0 Å². The molecule has 0 radical (unpaired) electrons. The number of hydrogen-bond donors (Lipinski definition) is 5. The number of rotatable bonds is 5. The van der Waals surface area contributed by atoms with Gasteiger partial charge in [-0.15, -0.1) is 0 Å². The van der Waals surface area contributed by atoms with Crippen LogP contribution in [0.25, 0.3) is 0 Å². The van der Waals surface area contributed by atoms with Crippen LogP contribution in [0.3, 0.4) is 0 Å². The highest BCUT2D eigenvalue weighted by Crippen LogP contribution is 2.41. The zero-order valence-electron chi connectivity index (χ0n) is 17.0. The number of anilines is 1. The molecule has 0 aromatic heterocycles. The van der Waals surface area contributed by atoms with Crippen molar-refractivity contribution in [1.82, 2.24) is 4.90 Å². The normalized spacial score (nSPS) is 17.4. The Bertz CT molecular complexity index is 1160. The number of hydrogen-bond acceptors (Lipinski definition) is 6. The number of carbonyl (C=O) groups excluding carboxylic acids is 2. The average Bonchev–Trinajstić information content (AvgIpc) is 2.78. The molecule has 32 heavy (non-hydrogen) atoms. The summed E-state index contributed by atoms with van der Waals surface area (Å²) in [6.07, 6.45) is 0.948. The lowest BCUT2D eigenvalue weighted by molar-refractivity contribution is -0.132. The van der Waals surface area contributed by atoms with E-state index >= 15 is 0 Å². The number of amides is 2. The molecule has 0 saturated heterocycles. The van der Waals surface area contributed by atoms with Crippen molar-refractivity contribution in [2.75, 3.05) is 5.32 Å². The van der Waals surface area contributed by atoms with E-state index in [0.29, 0.717) is 28.8 Å². The number of para-hydroxylation sites is 1. The summed E-state index contributed by atoms with van der Waals surface area (Å²) in [5, 5.41) is 42.3. The molecule has 0 unspecified atom stereocenters. The quantitative estimate of drug-likeness (QED) is 0.310. The molecule has 0 aliphatic carbocycles. The molecule has 2 amide bonds. The van der Waals surface area contributed by atoms with Crippen LogP contribution >= 0.6 is 0 Å². The Morgan fingerprint density at radius 1 is 0.938 bits per heavy atom. The van der Waals surface area contributed by atoms with Crippen LogP contribution in [0.1, 0.15) is 22.7 Å². The summed E-state index contributed by atoms with van der Waals surface area (Å²) in [5.41, 5.74) is 2.41. The van der Waals surface area contributed by atoms with Gasteiger partial charge in [-0.1, -0.05) is 24.3 Å². The Balaban J connectivity index is 1.73. The van der Waals surface area contributed by atoms with Crippen LogP contribution in [0.15, 0.2) is 60.7 Å². The van der Waals surface area contributed by atoms with Gasteiger partial charge in [0, 0.05) is 12.1 Å². The zero-order chi connectivity index (χ0) is 22.8. The lowest BCUT2D eigenvalue weighted by Crippen LogP contribution is -2.50. The standard InChI is InChI=1S/C24H22N2O6/c27-13-26-18(8-14-6-7-20(28)21(29)9-14)17-12-23(31)22(30)11-15(17)10-19(26)24(32)25-16-4-2-1-3-5-16/h1-7,9,11-13,18-19,28-31H,8,10H2,(H,25,32)/t18-,19-/m0/s1. The van der Waals surface area contributed by atoms with Gasteiger partial charge in [-0.25, -0.2) is 0 Å². The maximum Gasteiger partial charge on any atom is 0.247 e. The fraction of sp³-hybridized carbons (Fsp3) is 0.167. The van der Waals surface area contributed by atoms with Gasteiger partial charge in [0.2, 0.25) is 12.3 Å². The summed E-state index contributed by atoms with van der Waals surface area (Å²) in [6.45, 7) is 0. The fourth-order valence-corrected chi connectivity index (χ4v) is 4.07. The zero-order valence-corrected chi connectivity index (χ0v) is 17.0. The third kappa shape index (κ3) is 4.02. The van der Waals surface area contributed by atoms with Gasteiger partial charge >= 0.3 is 0 Å². The first-order valence-electron chi connectivity index (χ1n) is 10.0. The second kappa shape index (κ2) is 8.50. The first-order chi connectivity index (χ1) is 15.4. The number of phenols is 4. The highest BCUT2D eigenvalue weighted by atomic mass is 16.3.